The Morgan fingerprint density at radius 1 is 0.441 bits per heavy atom. The SMILES string of the molecule is O=C1c2ccccc2OP(=O)(c2ccccc2)C(=O)c2ccccc2OP1(=O)c1ccccc1. The lowest BCUT2D eigenvalue weighted by atomic mass is 10.2. The maximum absolute atomic E-state index is 14.3. The molecule has 0 aromatic heterocycles. The van der Waals surface area contributed by atoms with E-state index in [1.807, 2.05) is 0 Å². The number of fused-ring (bicyclic) bond motifs is 2. The number of benzene rings is 4. The van der Waals surface area contributed by atoms with Crippen LogP contribution in [0.5, 0.6) is 11.5 Å². The van der Waals surface area contributed by atoms with Gasteiger partial charge in [0, 0.05) is 0 Å². The van der Waals surface area contributed by atoms with E-state index < -0.39 is 25.8 Å². The standard InChI is InChI=1S/C26H18O6P2/c27-25-21-15-7-10-18-24(21)32-34(30,20-13-5-2-6-14-20)26(28)22-16-8-9-17-23(22)31-33(25,29)19-11-3-1-4-12-19/h1-18H. The zero-order chi connectivity index (χ0) is 23.8. The Labute approximate surface area is 196 Å². The summed E-state index contributed by atoms with van der Waals surface area (Å²) < 4.78 is 40.4. The first-order valence-corrected chi connectivity index (χ1v) is 13.7. The number of para-hydroxylation sites is 2. The van der Waals surface area contributed by atoms with Gasteiger partial charge in [-0.2, -0.15) is 0 Å². The van der Waals surface area contributed by atoms with Crippen LogP contribution < -0.4 is 19.7 Å². The molecule has 34 heavy (non-hydrogen) atoms. The van der Waals surface area contributed by atoms with Crippen LogP contribution in [0.15, 0.2) is 109 Å². The first-order valence-electron chi connectivity index (χ1n) is 10.4. The number of rotatable bonds is 2. The molecule has 168 valence electrons. The van der Waals surface area contributed by atoms with Crippen LogP contribution in [0, 0.1) is 0 Å². The molecule has 1 aliphatic heterocycles. The molecule has 2 atom stereocenters. The molecule has 6 nitrogen and oxygen atoms in total. The smallest absolute Gasteiger partial charge is 0.346 e. The summed E-state index contributed by atoms with van der Waals surface area (Å²) in [6.07, 6.45) is 0. The van der Waals surface area contributed by atoms with Gasteiger partial charge in [-0.3, -0.25) is 18.7 Å². The summed E-state index contributed by atoms with van der Waals surface area (Å²) in [5.74, 6) is -0.209. The van der Waals surface area contributed by atoms with Gasteiger partial charge < -0.3 is 9.05 Å². The van der Waals surface area contributed by atoms with E-state index in [9.17, 15) is 18.7 Å². The van der Waals surface area contributed by atoms with Gasteiger partial charge in [0.1, 0.15) is 11.5 Å². The fourth-order valence-corrected chi connectivity index (χ4v) is 7.56. The molecule has 0 fully saturated rings. The molecule has 8 heteroatoms. The highest BCUT2D eigenvalue weighted by Crippen LogP contribution is 2.57. The second-order valence-corrected chi connectivity index (χ2v) is 12.0. The first-order chi connectivity index (χ1) is 16.4. The van der Waals surface area contributed by atoms with Crippen molar-refractivity contribution in [2.45, 2.75) is 0 Å². The van der Waals surface area contributed by atoms with Gasteiger partial charge in [-0.1, -0.05) is 60.7 Å². The second-order valence-electron chi connectivity index (χ2n) is 7.56. The van der Waals surface area contributed by atoms with Crippen LogP contribution in [0.1, 0.15) is 20.7 Å². The zero-order valence-electron chi connectivity index (χ0n) is 17.7. The van der Waals surface area contributed by atoms with Gasteiger partial charge in [-0.05, 0) is 48.5 Å². The van der Waals surface area contributed by atoms with Crippen molar-refractivity contribution in [3.8, 4) is 11.5 Å². The van der Waals surface area contributed by atoms with Crippen LogP contribution >= 0.6 is 14.7 Å². The van der Waals surface area contributed by atoms with Gasteiger partial charge in [0.15, 0.2) is 0 Å². The predicted molar refractivity (Wildman–Crippen MR) is 130 cm³/mol. The summed E-state index contributed by atoms with van der Waals surface area (Å²) in [5.41, 5.74) is -1.81. The van der Waals surface area contributed by atoms with Crippen molar-refractivity contribution >= 4 is 36.4 Å². The molecule has 0 aliphatic carbocycles. The van der Waals surface area contributed by atoms with Crippen molar-refractivity contribution in [3.63, 3.8) is 0 Å². The second kappa shape index (κ2) is 8.57. The van der Waals surface area contributed by atoms with Crippen LogP contribution in [0.4, 0.5) is 0 Å². The topological polar surface area (TPSA) is 86.7 Å². The average molecular weight is 488 g/mol. The Kier molecular flexibility index (Phi) is 5.57. The van der Waals surface area contributed by atoms with Crippen molar-refractivity contribution in [2.24, 2.45) is 0 Å². The Morgan fingerprint density at radius 3 is 1.15 bits per heavy atom. The van der Waals surface area contributed by atoms with Crippen molar-refractivity contribution < 1.29 is 27.8 Å². The summed E-state index contributed by atoms with van der Waals surface area (Å²) in [4.78, 5) is 27.5. The first kappa shape index (κ1) is 22.1. The molecule has 0 N–H and O–H groups in total. The van der Waals surface area contributed by atoms with Crippen molar-refractivity contribution in [3.05, 3.63) is 120 Å². The molecule has 0 amide bonds. The van der Waals surface area contributed by atoms with Crippen LogP contribution in [0.2, 0.25) is 0 Å². The molecule has 0 saturated carbocycles. The fraction of sp³-hybridized carbons (Fsp3) is 0. The van der Waals surface area contributed by atoms with Gasteiger partial charge >= 0.3 is 14.7 Å². The van der Waals surface area contributed by atoms with Crippen LogP contribution in [-0.2, 0) is 9.13 Å². The molecule has 5 rings (SSSR count). The normalized spacial score (nSPS) is 22.0. The van der Waals surface area contributed by atoms with Gasteiger partial charge in [0.05, 0.1) is 21.7 Å². The third-order valence-electron chi connectivity index (χ3n) is 5.42. The Balaban J connectivity index is 1.81. The minimum atomic E-state index is -4.24. The fourth-order valence-electron chi connectivity index (χ4n) is 3.71. The molecule has 1 heterocycles. The summed E-state index contributed by atoms with van der Waals surface area (Å²) in [6, 6.07) is 28.2. The third-order valence-corrected chi connectivity index (χ3v) is 9.83. The number of carbonyl (C=O) groups is 2. The minimum absolute atomic E-state index is 0.0852. The van der Waals surface area contributed by atoms with Crippen molar-refractivity contribution in [1.82, 2.24) is 0 Å². The van der Waals surface area contributed by atoms with Crippen LogP contribution in [-0.4, -0.2) is 11.0 Å². The van der Waals surface area contributed by atoms with Crippen molar-refractivity contribution in [2.75, 3.05) is 0 Å². The molecule has 0 bridgehead atoms. The highest BCUT2D eigenvalue weighted by Gasteiger charge is 2.45. The number of hydrogen-bond acceptors (Lipinski definition) is 6. The lowest BCUT2D eigenvalue weighted by Gasteiger charge is -2.26. The highest BCUT2D eigenvalue weighted by molar-refractivity contribution is 7.84. The minimum Gasteiger partial charge on any atom is -0.434 e. The summed E-state index contributed by atoms with van der Waals surface area (Å²) in [5, 5.41) is 0.341. The maximum Gasteiger partial charge on any atom is 0.346 e. The van der Waals surface area contributed by atoms with Crippen LogP contribution in [0.25, 0.3) is 0 Å². The largest absolute Gasteiger partial charge is 0.434 e. The van der Waals surface area contributed by atoms with E-state index >= 15 is 0 Å². The summed E-state index contributed by atoms with van der Waals surface area (Å²) in [6.45, 7) is 0. The Hall–Kier alpha value is -3.72. The Morgan fingerprint density at radius 2 is 0.765 bits per heavy atom. The molecule has 4 aromatic carbocycles. The predicted octanol–water partition coefficient (Wildman–Crippen LogP) is 5.65. The van der Waals surface area contributed by atoms with E-state index in [1.165, 1.54) is 48.5 Å². The van der Waals surface area contributed by atoms with Gasteiger partial charge in [0.25, 0.3) is 11.0 Å². The molecule has 2 unspecified atom stereocenters. The molecular weight excluding hydrogens is 470 g/mol. The van der Waals surface area contributed by atoms with Gasteiger partial charge in [0.2, 0.25) is 0 Å². The third kappa shape index (κ3) is 3.62. The maximum atomic E-state index is 14.3. The van der Waals surface area contributed by atoms with E-state index in [0.29, 0.717) is 0 Å². The van der Waals surface area contributed by atoms with E-state index in [2.05, 4.69) is 0 Å². The van der Waals surface area contributed by atoms with E-state index in [-0.39, 0.29) is 33.2 Å². The number of carbonyl (C=O) groups excluding carboxylic acids is 2. The molecule has 0 spiro atoms. The van der Waals surface area contributed by atoms with Crippen molar-refractivity contribution in [1.29, 1.82) is 0 Å². The average Bonchev–Trinajstić information content (AvgIpc) is 2.89. The van der Waals surface area contributed by atoms with E-state index in [4.69, 9.17) is 9.05 Å². The van der Waals surface area contributed by atoms with Gasteiger partial charge in [-0.15, -0.1) is 0 Å². The molecule has 0 radical (unpaired) electrons. The Bertz CT molecular complexity index is 1380. The van der Waals surface area contributed by atoms with Crippen LogP contribution in [0.3, 0.4) is 0 Å². The molecule has 0 saturated heterocycles. The zero-order valence-corrected chi connectivity index (χ0v) is 19.5. The quantitative estimate of drug-likeness (QED) is 0.339. The lowest BCUT2D eigenvalue weighted by Crippen LogP contribution is -2.23. The van der Waals surface area contributed by atoms with E-state index in [0.717, 1.165) is 0 Å². The summed E-state index contributed by atoms with van der Waals surface area (Å²) >= 11 is 0. The number of hydrogen-bond donors (Lipinski definition) is 0. The molecule has 1 aliphatic rings. The highest BCUT2D eigenvalue weighted by atomic mass is 31.2. The molecule has 4 aromatic rings. The monoisotopic (exact) mass is 488 g/mol. The summed E-state index contributed by atoms with van der Waals surface area (Å²) in [7, 11) is -8.48. The molecular formula is C26H18O6P2. The van der Waals surface area contributed by atoms with Gasteiger partial charge in [-0.25, -0.2) is 0 Å². The van der Waals surface area contributed by atoms with E-state index in [1.54, 1.807) is 60.7 Å². The lowest BCUT2D eigenvalue weighted by molar-refractivity contribution is 0.104.